The molecule has 8 heteroatoms. The normalized spacial score (nSPS) is 16.4. The fourth-order valence-corrected chi connectivity index (χ4v) is 3.97. The molecule has 1 saturated heterocycles. The highest BCUT2D eigenvalue weighted by Crippen LogP contribution is 2.35. The Hall–Kier alpha value is -3.81. The third kappa shape index (κ3) is 3.84. The van der Waals surface area contributed by atoms with Gasteiger partial charge in [-0.15, -0.1) is 0 Å². The number of aryl methyl sites for hydroxylation is 1. The first-order chi connectivity index (χ1) is 15.2. The zero-order valence-electron chi connectivity index (χ0n) is 17.1. The van der Waals surface area contributed by atoms with E-state index in [9.17, 15) is 4.79 Å². The summed E-state index contributed by atoms with van der Waals surface area (Å²) >= 11 is 0. The van der Waals surface area contributed by atoms with Gasteiger partial charge in [-0.05, 0) is 44.0 Å². The van der Waals surface area contributed by atoms with Gasteiger partial charge in [-0.3, -0.25) is 9.78 Å². The number of carbonyl (C=O) groups excluding carboxylic acids is 1. The minimum Gasteiger partial charge on any atom is -0.459 e. The largest absolute Gasteiger partial charge is 0.459 e. The lowest BCUT2D eigenvalue weighted by Gasteiger charge is -2.32. The number of rotatable bonds is 4. The monoisotopic (exact) mass is 415 g/mol. The topological polar surface area (TPSA) is 98.2 Å². The molecule has 1 atom stereocenters. The Bertz CT molecular complexity index is 1190. The minimum atomic E-state index is -0.102. The highest BCUT2D eigenvalue weighted by Gasteiger charge is 2.30. The molecule has 0 aliphatic carbocycles. The van der Waals surface area contributed by atoms with E-state index in [-0.39, 0.29) is 11.8 Å². The summed E-state index contributed by atoms with van der Waals surface area (Å²) < 4.78 is 10.8. The lowest BCUT2D eigenvalue weighted by Crippen LogP contribution is -2.39. The average Bonchev–Trinajstić information content (AvgIpc) is 3.51. The van der Waals surface area contributed by atoms with E-state index in [1.165, 1.54) is 6.26 Å². The second-order valence-electron chi connectivity index (χ2n) is 7.63. The van der Waals surface area contributed by atoms with Gasteiger partial charge in [0.2, 0.25) is 0 Å². The van der Waals surface area contributed by atoms with Crippen molar-refractivity contribution in [3.05, 3.63) is 72.3 Å². The van der Waals surface area contributed by atoms with E-state index in [1.807, 2.05) is 30.0 Å². The molecule has 0 aromatic carbocycles. The fraction of sp³-hybridized carbons (Fsp3) is 0.261. The van der Waals surface area contributed by atoms with Crippen LogP contribution in [0.3, 0.4) is 0 Å². The molecule has 1 aliphatic heterocycles. The maximum absolute atomic E-state index is 12.8. The van der Waals surface area contributed by atoms with Crippen LogP contribution < -0.4 is 0 Å². The number of aromatic nitrogens is 4. The van der Waals surface area contributed by atoms with Gasteiger partial charge in [0.15, 0.2) is 17.3 Å². The molecule has 8 nitrogen and oxygen atoms in total. The average molecular weight is 415 g/mol. The van der Waals surface area contributed by atoms with E-state index in [4.69, 9.17) is 13.9 Å². The number of piperidine rings is 1. The molecular formula is C23H21N5O3. The molecule has 31 heavy (non-hydrogen) atoms. The molecule has 5 heterocycles. The van der Waals surface area contributed by atoms with Gasteiger partial charge >= 0.3 is 0 Å². The number of furan rings is 1. The lowest BCUT2D eigenvalue weighted by atomic mass is 9.91. The smallest absolute Gasteiger partial charge is 0.289 e. The van der Waals surface area contributed by atoms with Crippen molar-refractivity contribution in [3.8, 4) is 22.7 Å². The first-order valence-electron chi connectivity index (χ1n) is 10.2. The van der Waals surface area contributed by atoms with Crippen LogP contribution in [0.15, 0.2) is 64.1 Å². The van der Waals surface area contributed by atoms with Gasteiger partial charge < -0.3 is 13.8 Å². The molecule has 4 aromatic heterocycles. The second kappa shape index (κ2) is 8.14. The van der Waals surface area contributed by atoms with Gasteiger partial charge in [0.25, 0.3) is 5.91 Å². The van der Waals surface area contributed by atoms with E-state index >= 15 is 0 Å². The van der Waals surface area contributed by atoms with Crippen molar-refractivity contribution in [2.75, 3.05) is 13.1 Å². The Morgan fingerprint density at radius 2 is 2.10 bits per heavy atom. The predicted molar refractivity (Wildman–Crippen MR) is 112 cm³/mol. The van der Waals surface area contributed by atoms with Crippen molar-refractivity contribution in [2.45, 2.75) is 25.7 Å². The lowest BCUT2D eigenvalue weighted by molar-refractivity contribution is 0.0674. The van der Waals surface area contributed by atoms with Crippen LogP contribution in [-0.4, -0.2) is 44.0 Å². The molecule has 0 spiro atoms. The van der Waals surface area contributed by atoms with Gasteiger partial charge in [-0.2, -0.15) is 0 Å². The first kappa shape index (κ1) is 19.2. The number of likely N-dealkylation sites (tertiary alicyclic amines) is 1. The number of carbonyl (C=O) groups is 1. The van der Waals surface area contributed by atoms with Gasteiger partial charge in [0.05, 0.1) is 23.2 Å². The molecule has 1 amide bonds. The summed E-state index contributed by atoms with van der Waals surface area (Å²) in [5.41, 5.74) is 3.33. The number of nitrogens with zero attached hydrogens (tertiary/aromatic N) is 5. The predicted octanol–water partition coefficient (Wildman–Crippen LogP) is 4.11. The Morgan fingerprint density at radius 3 is 2.84 bits per heavy atom. The minimum absolute atomic E-state index is 0.0386. The Morgan fingerprint density at radius 1 is 1.23 bits per heavy atom. The summed E-state index contributed by atoms with van der Waals surface area (Å²) in [4.78, 5) is 28.2. The molecule has 4 aromatic rings. The van der Waals surface area contributed by atoms with Crippen molar-refractivity contribution in [1.82, 2.24) is 25.0 Å². The molecule has 5 rings (SSSR count). The summed E-state index contributed by atoms with van der Waals surface area (Å²) in [5, 5.41) is 4.02. The van der Waals surface area contributed by atoms with Crippen molar-refractivity contribution >= 4 is 5.91 Å². The van der Waals surface area contributed by atoms with Gasteiger partial charge in [-0.25, -0.2) is 9.97 Å². The summed E-state index contributed by atoms with van der Waals surface area (Å²) in [6.07, 6.45) is 8.53. The van der Waals surface area contributed by atoms with Crippen molar-refractivity contribution in [2.24, 2.45) is 0 Å². The molecule has 0 bridgehead atoms. The second-order valence-corrected chi connectivity index (χ2v) is 7.63. The van der Waals surface area contributed by atoms with Crippen LogP contribution in [0.1, 0.15) is 40.7 Å². The van der Waals surface area contributed by atoms with E-state index in [2.05, 4.69) is 15.1 Å². The molecule has 0 saturated carbocycles. The first-order valence-corrected chi connectivity index (χ1v) is 10.2. The summed E-state index contributed by atoms with van der Waals surface area (Å²) in [6, 6.07) is 9.06. The Labute approximate surface area is 178 Å². The van der Waals surface area contributed by atoms with Crippen LogP contribution in [0.2, 0.25) is 0 Å². The quantitative estimate of drug-likeness (QED) is 0.494. The summed E-state index contributed by atoms with van der Waals surface area (Å²) in [6.45, 7) is 3.12. The van der Waals surface area contributed by atoms with Crippen LogP contribution >= 0.6 is 0 Å². The van der Waals surface area contributed by atoms with Crippen LogP contribution in [0.4, 0.5) is 0 Å². The number of pyridine rings is 1. The molecular weight excluding hydrogens is 394 g/mol. The van der Waals surface area contributed by atoms with E-state index in [1.54, 1.807) is 30.7 Å². The third-order valence-electron chi connectivity index (χ3n) is 5.48. The van der Waals surface area contributed by atoms with Crippen LogP contribution in [-0.2, 0) is 0 Å². The SMILES string of the molecule is Cc1cc(-c2cnc(-c3ccncc3)nc2C2CCCN(C(=O)c3ccco3)C2)on1. The molecule has 1 fully saturated rings. The number of hydrogen-bond donors (Lipinski definition) is 0. The van der Waals surface area contributed by atoms with Gasteiger partial charge in [0, 0.05) is 49.2 Å². The highest BCUT2D eigenvalue weighted by atomic mass is 16.5. The number of amides is 1. The Kier molecular flexibility index (Phi) is 5.03. The zero-order valence-corrected chi connectivity index (χ0v) is 17.1. The number of hydrogen-bond acceptors (Lipinski definition) is 7. The molecule has 1 aliphatic rings. The molecule has 0 N–H and O–H groups in total. The highest BCUT2D eigenvalue weighted by molar-refractivity contribution is 5.91. The van der Waals surface area contributed by atoms with Gasteiger partial charge in [0.1, 0.15) is 0 Å². The van der Waals surface area contributed by atoms with E-state index in [0.717, 1.165) is 35.4 Å². The Balaban J connectivity index is 1.53. The third-order valence-corrected chi connectivity index (χ3v) is 5.48. The molecule has 0 radical (unpaired) electrons. The standard InChI is InChI=1S/C23H21N5O3/c1-15-12-20(31-27-15)18-13-25-22(16-6-8-24-9-7-16)26-21(18)17-4-2-10-28(14-17)23(29)19-5-3-11-30-19/h3,5-9,11-13,17H,2,4,10,14H2,1H3. The fourth-order valence-electron chi connectivity index (χ4n) is 3.97. The zero-order chi connectivity index (χ0) is 21.2. The summed E-state index contributed by atoms with van der Waals surface area (Å²) in [5.74, 6) is 1.54. The van der Waals surface area contributed by atoms with Crippen molar-refractivity contribution in [1.29, 1.82) is 0 Å². The summed E-state index contributed by atoms with van der Waals surface area (Å²) in [7, 11) is 0. The van der Waals surface area contributed by atoms with Crippen LogP contribution in [0.5, 0.6) is 0 Å². The maximum atomic E-state index is 12.8. The van der Waals surface area contributed by atoms with E-state index in [0.29, 0.717) is 30.4 Å². The van der Waals surface area contributed by atoms with Crippen molar-refractivity contribution < 1.29 is 13.7 Å². The van der Waals surface area contributed by atoms with Crippen molar-refractivity contribution in [3.63, 3.8) is 0 Å². The molecule has 1 unspecified atom stereocenters. The van der Waals surface area contributed by atoms with Crippen LogP contribution in [0.25, 0.3) is 22.7 Å². The van der Waals surface area contributed by atoms with E-state index < -0.39 is 0 Å². The van der Waals surface area contributed by atoms with Crippen LogP contribution in [0, 0.1) is 6.92 Å². The maximum Gasteiger partial charge on any atom is 0.289 e. The molecule has 156 valence electrons. The van der Waals surface area contributed by atoms with Gasteiger partial charge in [-0.1, -0.05) is 5.16 Å².